The summed E-state index contributed by atoms with van der Waals surface area (Å²) in [4.78, 5) is 21.7. The molecule has 7 heteroatoms. The fraction of sp³-hybridized carbons (Fsp3) is 0.0714. The number of anilines is 1. The van der Waals surface area contributed by atoms with E-state index in [1.165, 1.54) is 6.07 Å². The van der Waals surface area contributed by atoms with E-state index in [4.69, 9.17) is 10.2 Å². The highest BCUT2D eigenvalue weighted by molar-refractivity contribution is 6.02. The van der Waals surface area contributed by atoms with Crippen LogP contribution in [-0.4, -0.2) is 17.4 Å². The van der Waals surface area contributed by atoms with Crippen LogP contribution in [0, 0.1) is 22.0 Å². The predicted molar refractivity (Wildman–Crippen MR) is 75.7 cm³/mol. The Balaban J connectivity index is 2.13. The Morgan fingerprint density at radius 1 is 1.38 bits per heavy atom. The Hall–Kier alpha value is -3.11. The maximum Gasteiger partial charge on any atom is 0.433 e. The Morgan fingerprint density at radius 3 is 2.86 bits per heavy atom. The lowest BCUT2D eigenvalue weighted by atomic mass is 10.2. The predicted octanol–water partition coefficient (Wildman–Crippen LogP) is 1.75. The fourth-order valence-electron chi connectivity index (χ4n) is 1.57. The highest BCUT2D eigenvalue weighted by Crippen LogP contribution is 2.17. The largest absolute Gasteiger partial charge is 0.433 e. The number of carbonyl (C=O) groups is 1. The lowest BCUT2D eigenvalue weighted by Gasteiger charge is -2.03. The van der Waals surface area contributed by atoms with Gasteiger partial charge in [-0.3, -0.25) is 14.9 Å². The summed E-state index contributed by atoms with van der Waals surface area (Å²) in [5.74, 6) is 4.34. The zero-order valence-corrected chi connectivity index (χ0v) is 10.8. The van der Waals surface area contributed by atoms with Gasteiger partial charge in [0.15, 0.2) is 5.76 Å². The molecule has 21 heavy (non-hydrogen) atoms. The molecular formula is C14H11N3O4. The number of nitro groups is 1. The Morgan fingerprint density at radius 2 is 2.19 bits per heavy atom. The first-order valence-corrected chi connectivity index (χ1v) is 5.94. The molecular weight excluding hydrogens is 274 g/mol. The first kappa shape index (κ1) is 14.3. The van der Waals surface area contributed by atoms with Gasteiger partial charge in [-0.1, -0.05) is 17.9 Å². The molecule has 1 aromatic carbocycles. The molecule has 1 aromatic heterocycles. The van der Waals surface area contributed by atoms with Gasteiger partial charge in [0, 0.05) is 11.3 Å². The van der Waals surface area contributed by atoms with Crippen molar-refractivity contribution in [2.24, 2.45) is 5.73 Å². The second kappa shape index (κ2) is 6.36. The van der Waals surface area contributed by atoms with Crippen LogP contribution >= 0.6 is 0 Å². The summed E-state index contributed by atoms with van der Waals surface area (Å²) >= 11 is 0. The number of hydrogen-bond acceptors (Lipinski definition) is 5. The first-order valence-electron chi connectivity index (χ1n) is 5.94. The van der Waals surface area contributed by atoms with Gasteiger partial charge < -0.3 is 15.5 Å². The van der Waals surface area contributed by atoms with Gasteiger partial charge >= 0.3 is 5.88 Å². The van der Waals surface area contributed by atoms with Crippen molar-refractivity contribution in [3.8, 4) is 11.8 Å². The van der Waals surface area contributed by atoms with Crippen LogP contribution in [0.2, 0.25) is 0 Å². The third-order valence-corrected chi connectivity index (χ3v) is 2.45. The molecule has 0 saturated carbocycles. The van der Waals surface area contributed by atoms with E-state index >= 15 is 0 Å². The Bertz CT molecular complexity index is 740. The maximum absolute atomic E-state index is 11.9. The van der Waals surface area contributed by atoms with Crippen molar-refractivity contribution in [2.45, 2.75) is 0 Å². The Kier molecular flexibility index (Phi) is 4.33. The van der Waals surface area contributed by atoms with Gasteiger partial charge in [-0.25, -0.2) is 0 Å². The van der Waals surface area contributed by atoms with E-state index in [1.54, 1.807) is 24.3 Å². The zero-order chi connectivity index (χ0) is 15.2. The van der Waals surface area contributed by atoms with Crippen LogP contribution in [-0.2, 0) is 0 Å². The number of amides is 1. The van der Waals surface area contributed by atoms with Gasteiger partial charge in [-0.05, 0) is 24.3 Å². The molecule has 0 aliphatic rings. The number of furan rings is 1. The molecule has 0 atom stereocenters. The summed E-state index contributed by atoms with van der Waals surface area (Å²) in [6, 6.07) is 9.20. The summed E-state index contributed by atoms with van der Waals surface area (Å²) < 4.78 is 4.82. The van der Waals surface area contributed by atoms with Crippen LogP contribution in [0.25, 0.3) is 0 Å². The highest BCUT2D eigenvalue weighted by Gasteiger charge is 2.17. The standard InChI is InChI=1S/C14H11N3O4/c15-8-2-4-10-3-1-5-11(9-10)16-14(18)12-6-7-13(21-12)17(19)20/h1,3,5-7,9H,8,15H2,(H,16,18). The molecule has 2 aromatic rings. The summed E-state index contributed by atoms with van der Waals surface area (Å²) in [7, 11) is 0. The van der Waals surface area contributed by atoms with Crippen molar-refractivity contribution in [1.82, 2.24) is 0 Å². The fourth-order valence-corrected chi connectivity index (χ4v) is 1.57. The van der Waals surface area contributed by atoms with Crippen LogP contribution in [0.3, 0.4) is 0 Å². The molecule has 3 N–H and O–H groups in total. The van der Waals surface area contributed by atoms with Crippen molar-refractivity contribution in [2.75, 3.05) is 11.9 Å². The van der Waals surface area contributed by atoms with Gasteiger partial charge in [0.1, 0.15) is 4.92 Å². The molecule has 0 aliphatic heterocycles. The number of rotatable bonds is 3. The number of nitrogens with zero attached hydrogens (tertiary/aromatic N) is 1. The van der Waals surface area contributed by atoms with E-state index < -0.39 is 16.7 Å². The van der Waals surface area contributed by atoms with E-state index in [2.05, 4.69) is 17.2 Å². The van der Waals surface area contributed by atoms with Gasteiger partial charge in [0.25, 0.3) is 5.91 Å². The number of hydrogen-bond donors (Lipinski definition) is 2. The molecule has 7 nitrogen and oxygen atoms in total. The number of nitrogens with two attached hydrogens (primary N) is 1. The highest BCUT2D eigenvalue weighted by atomic mass is 16.6. The second-order valence-electron chi connectivity index (χ2n) is 3.94. The number of nitrogens with one attached hydrogen (secondary N) is 1. The van der Waals surface area contributed by atoms with Crippen LogP contribution < -0.4 is 11.1 Å². The summed E-state index contributed by atoms with van der Waals surface area (Å²) in [6.07, 6.45) is 0. The Labute approximate surface area is 119 Å². The lowest BCUT2D eigenvalue weighted by Crippen LogP contribution is -2.10. The van der Waals surface area contributed by atoms with E-state index in [0.29, 0.717) is 11.3 Å². The molecule has 0 spiro atoms. The molecule has 0 saturated heterocycles. The smallest absolute Gasteiger partial charge is 0.395 e. The summed E-state index contributed by atoms with van der Waals surface area (Å²) in [6.45, 7) is 0.243. The zero-order valence-electron chi connectivity index (χ0n) is 10.8. The normalized spacial score (nSPS) is 9.57. The van der Waals surface area contributed by atoms with E-state index in [9.17, 15) is 14.9 Å². The van der Waals surface area contributed by atoms with Gasteiger partial charge in [-0.2, -0.15) is 0 Å². The molecule has 0 aliphatic carbocycles. The maximum atomic E-state index is 11.9. The van der Waals surface area contributed by atoms with Crippen molar-refractivity contribution in [1.29, 1.82) is 0 Å². The van der Waals surface area contributed by atoms with Crippen LogP contribution in [0.1, 0.15) is 16.1 Å². The van der Waals surface area contributed by atoms with Crippen molar-refractivity contribution < 1.29 is 14.1 Å². The minimum absolute atomic E-state index is 0.139. The third kappa shape index (κ3) is 3.68. The third-order valence-electron chi connectivity index (χ3n) is 2.45. The van der Waals surface area contributed by atoms with Crippen molar-refractivity contribution in [3.05, 3.63) is 57.8 Å². The molecule has 1 amide bonds. The molecule has 0 unspecified atom stereocenters. The minimum Gasteiger partial charge on any atom is -0.395 e. The summed E-state index contributed by atoms with van der Waals surface area (Å²) in [5, 5.41) is 13.1. The van der Waals surface area contributed by atoms with E-state index in [1.807, 2.05) is 0 Å². The van der Waals surface area contributed by atoms with Crippen molar-refractivity contribution in [3.63, 3.8) is 0 Å². The molecule has 0 fully saturated rings. The van der Waals surface area contributed by atoms with Crippen molar-refractivity contribution >= 4 is 17.5 Å². The molecule has 2 rings (SSSR count). The second-order valence-corrected chi connectivity index (χ2v) is 3.94. The van der Waals surface area contributed by atoms with Crippen LogP contribution in [0.5, 0.6) is 0 Å². The molecule has 1 heterocycles. The molecule has 106 valence electrons. The minimum atomic E-state index is -0.709. The SMILES string of the molecule is NCC#Cc1cccc(NC(=O)c2ccc([N+](=O)[O-])o2)c1. The molecule has 0 radical (unpaired) electrons. The number of carbonyl (C=O) groups excluding carboxylic acids is 1. The van der Waals surface area contributed by atoms with E-state index in [0.717, 1.165) is 6.07 Å². The number of benzene rings is 1. The van der Waals surface area contributed by atoms with E-state index in [-0.39, 0.29) is 12.3 Å². The quantitative estimate of drug-likeness (QED) is 0.507. The van der Waals surface area contributed by atoms with Crippen LogP contribution in [0.4, 0.5) is 11.6 Å². The average molecular weight is 285 g/mol. The van der Waals surface area contributed by atoms with Crippen LogP contribution in [0.15, 0.2) is 40.8 Å². The van der Waals surface area contributed by atoms with Gasteiger partial charge in [0.05, 0.1) is 12.6 Å². The molecule has 0 bridgehead atoms. The van der Waals surface area contributed by atoms with Gasteiger partial charge in [-0.15, -0.1) is 0 Å². The lowest BCUT2D eigenvalue weighted by molar-refractivity contribution is -0.402. The topological polar surface area (TPSA) is 111 Å². The average Bonchev–Trinajstić information content (AvgIpc) is 2.95. The summed E-state index contributed by atoms with van der Waals surface area (Å²) in [5.41, 5.74) is 6.49. The monoisotopic (exact) mass is 285 g/mol. The van der Waals surface area contributed by atoms with Gasteiger partial charge in [0.2, 0.25) is 0 Å². The first-order chi connectivity index (χ1) is 10.1.